The molecule has 0 radical (unpaired) electrons. The fourth-order valence-corrected chi connectivity index (χ4v) is 1.70. The van der Waals surface area contributed by atoms with Gasteiger partial charge in [0.1, 0.15) is 5.82 Å². The molecule has 1 aromatic heterocycles. The van der Waals surface area contributed by atoms with E-state index in [0.717, 1.165) is 11.4 Å². The molecule has 2 N–H and O–H groups in total. The number of anilines is 1. The number of hydrogen-bond acceptors (Lipinski definition) is 4. The summed E-state index contributed by atoms with van der Waals surface area (Å²) in [5, 5.41) is 12.0. The number of hydrogen-bond donors (Lipinski definition) is 2. The van der Waals surface area contributed by atoms with Gasteiger partial charge in [-0.2, -0.15) is 0 Å². The number of pyridine rings is 1. The summed E-state index contributed by atoms with van der Waals surface area (Å²) < 4.78 is 0. The van der Waals surface area contributed by atoms with Crippen molar-refractivity contribution in [1.82, 2.24) is 10.3 Å². The third-order valence-corrected chi connectivity index (χ3v) is 2.89. The molecular weight excluding hydrogens is 230 g/mol. The molecule has 0 saturated heterocycles. The summed E-state index contributed by atoms with van der Waals surface area (Å²) in [6.07, 6.45) is 1.14. The van der Waals surface area contributed by atoms with Crippen molar-refractivity contribution in [2.45, 2.75) is 20.0 Å². The van der Waals surface area contributed by atoms with E-state index in [9.17, 15) is 9.90 Å². The molecule has 0 fully saturated rings. The lowest BCUT2D eigenvalue weighted by Crippen LogP contribution is -2.34. The van der Waals surface area contributed by atoms with E-state index >= 15 is 0 Å². The fourth-order valence-electron chi connectivity index (χ4n) is 1.70. The fraction of sp³-hybridized carbons (Fsp3) is 0.538. The number of nitrogens with zero attached hydrogens (tertiary/aromatic N) is 2. The van der Waals surface area contributed by atoms with Crippen LogP contribution in [-0.4, -0.2) is 36.6 Å². The first-order valence-corrected chi connectivity index (χ1v) is 6.02. The maximum atomic E-state index is 11.4. The van der Waals surface area contributed by atoms with Crippen LogP contribution in [0.4, 0.5) is 5.82 Å². The molecule has 0 aliphatic carbocycles. The topological polar surface area (TPSA) is 65.5 Å². The molecule has 100 valence electrons. The molecule has 1 unspecified atom stereocenters. The second-order valence-corrected chi connectivity index (χ2v) is 4.52. The minimum absolute atomic E-state index is 0.0162. The first-order valence-electron chi connectivity index (χ1n) is 6.02. The molecule has 0 aliphatic heterocycles. The van der Waals surface area contributed by atoms with E-state index in [1.54, 1.807) is 20.2 Å². The second-order valence-electron chi connectivity index (χ2n) is 4.52. The van der Waals surface area contributed by atoms with Crippen LogP contribution in [0.5, 0.6) is 0 Å². The number of nitrogens with one attached hydrogen (secondary N) is 1. The van der Waals surface area contributed by atoms with E-state index in [1.807, 2.05) is 31.0 Å². The SMILES string of the molecule is CNC(=O)C(C)CN(C)c1ccc([C@H](C)O)cn1. The zero-order valence-corrected chi connectivity index (χ0v) is 11.3. The molecule has 0 saturated carbocycles. The molecule has 1 rings (SSSR count). The molecule has 1 aromatic rings. The molecule has 18 heavy (non-hydrogen) atoms. The zero-order valence-electron chi connectivity index (χ0n) is 11.3. The minimum Gasteiger partial charge on any atom is -0.389 e. The van der Waals surface area contributed by atoms with Crippen LogP contribution in [0.2, 0.25) is 0 Å². The van der Waals surface area contributed by atoms with Gasteiger partial charge in [-0.1, -0.05) is 13.0 Å². The van der Waals surface area contributed by atoms with E-state index in [-0.39, 0.29) is 11.8 Å². The number of rotatable bonds is 5. The Kier molecular flexibility index (Phi) is 5.09. The van der Waals surface area contributed by atoms with Gasteiger partial charge in [0.15, 0.2) is 0 Å². The van der Waals surface area contributed by atoms with E-state index < -0.39 is 6.10 Å². The van der Waals surface area contributed by atoms with Crippen molar-refractivity contribution in [3.63, 3.8) is 0 Å². The Hall–Kier alpha value is -1.62. The zero-order chi connectivity index (χ0) is 13.7. The monoisotopic (exact) mass is 251 g/mol. The smallest absolute Gasteiger partial charge is 0.224 e. The van der Waals surface area contributed by atoms with E-state index in [2.05, 4.69) is 10.3 Å². The molecule has 0 aliphatic rings. The van der Waals surface area contributed by atoms with Crippen molar-refractivity contribution in [3.05, 3.63) is 23.9 Å². The van der Waals surface area contributed by atoms with Crippen LogP contribution in [-0.2, 0) is 4.79 Å². The van der Waals surface area contributed by atoms with Gasteiger partial charge in [-0.3, -0.25) is 4.79 Å². The minimum atomic E-state index is -0.512. The number of aliphatic hydroxyl groups excluding tert-OH is 1. The highest BCUT2D eigenvalue weighted by atomic mass is 16.3. The lowest BCUT2D eigenvalue weighted by Gasteiger charge is -2.21. The molecule has 1 amide bonds. The predicted molar refractivity (Wildman–Crippen MR) is 71.4 cm³/mol. The highest BCUT2D eigenvalue weighted by molar-refractivity contribution is 5.78. The highest BCUT2D eigenvalue weighted by Crippen LogP contribution is 2.15. The normalized spacial score (nSPS) is 13.8. The Bertz CT molecular complexity index is 390. The number of carbonyl (C=O) groups is 1. The van der Waals surface area contributed by atoms with Crippen LogP contribution < -0.4 is 10.2 Å². The van der Waals surface area contributed by atoms with Crippen LogP contribution in [0.25, 0.3) is 0 Å². The first kappa shape index (κ1) is 14.4. The van der Waals surface area contributed by atoms with E-state index in [4.69, 9.17) is 0 Å². The van der Waals surface area contributed by atoms with Gasteiger partial charge in [0.25, 0.3) is 0 Å². The van der Waals surface area contributed by atoms with Crippen molar-refractivity contribution < 1.29 is 9.90 Å². The van der Waals surface area contributed by atoms with Gasteiger partial charge >= 0.3 is 0 Å². The predicted octanol–water partition coefficient (Wildman–Crippen LogP) is 0.953. The number of aliphatic hydroxyl groups is 1. The quantitative estimate of drug-likeness (QED) is 0.818. The summed E-state index contributed by atoms with van der Waals surface area (Å²) in [5.41, 5.74) is 0.784. The summed E-state index contributed by atoms with van der Waals surface area (Å²) >= 11 is 0. The van der Waals surface area contributed by atoms with Gasteiger partial charge in [-0.15, -0.1) is 0 Å². The van der Waals surface area contributed by atoms with Crippen molar-refractivity contribution in [3.8, 4) is 0 Å². The molecule has 1 heterocycles. The van der Waals surface area contributed by atoms with Crippen LogP contribution in [0.15, 0.2) is 18.3 Å². The average molecular weight is 251 g/mol. The Morgan fingerprint density at radius 1 is 1.50 bits per heavy atom. The van der Waals surface area contributed by atoms with Crippen molar-refractivity contribution in [2.75, 3.05) is 25.5 Å². The first-order chi connectivity index (χ1) is 8.45. The largest absolute Gasteiger partial charge is 0.389 e. The van der Waals surface area contributed by atoms with Gasteiger partial charge in [-0.25, -0.2) is 4.98 Å². The Labute approximate surface area is 108 Å². The van der Waals surface area contributed by atoms with Crippen molar-refractivity contribution in [1.29, 1.82) is 0 Å². The lowest BCUT2D eigenvalue weighted by molar-refractivity contribution is -0.123. The number of aromatic nitrogens is 1. The summed E-state index contributed by atoms with van der Waals surface area (Å²) in [6.45, 7) is 4.17. The third kappa shape index (κ3) is 3.70. The molecule has 0 bridgehead atoms. The maximum absolute atomic E-state index is 11.4. The number of amides is 1. The van der Waals surface area contributed by atoms with Gasteiger partial charge in [0, 0.05) is 26.8 Å². The standard InChI is InChI=1S/C13H21N3O2/c1-9(13(18)14-3)8-16(4)12-6-5-11(7-15-12)10(2)17/h5-7,9-10,17H,8H2,1-4H3,(H,14,18)/t9?,10-/m0/s1. The average Bonchev–Trinajstić information content (AvgIpc) is 2.37. The Balaban J connectivity index is 2.67. The molecule has 2 atom stereocenters. The van der Waals surface area contributed by atoms with Crippen molar-refractivity contribution in [2.24, 2.45) is 5.92 Å². The van der Waals surface area contributed by atoms with Gasteiger partial charge in [-0.05, 0) is 18.6 Å². The molecule has 5 heteroatoms. The van der Waals surface area contributed by atoms with E-state index in [1.165, 1.54) is 0 Å². The summed E-state index contributed by atoms with van der Waals surface area (Å²) in [5.74, 6) is 0.704. The molecule has 5 nitrogen and oxygen atoms in total. The highest BCUT2D eigenvalue weighted by Gasteiger charge is 2.14. The van der Waals surface area contributed by atoms with Crippen LogP contribution in [0.1, 0.15) is 25.5 Å². The second kappa shape index (κ2) is 6.35. The van der Waals surface area contributed by atoms with Crippen LogP contribution in [0, 0.1) is 5.92 Å². The molecule has 0 aromatic carbocycles. The van der Waals surface area contributed by atoms with Gasteiger partial charge < -0.3 is 15.3 Å². The van der Waals surface area contributed by atoms with Crippen LogP contribution in [0.3, 0.4) is 0 Å². The van der Waals surface area contributed by atoms with Crippen LogP contribution >= 0.6 is 0 Å². The Morgan fingerprint density at radius 2 is 2.17 bits per heavy atom. The molecular formula is C13H21N3O2. The lowest BCUT2D eigenvalue weighted by atomic mass is 10.1. The van der Waals surface area contributed by atoms with Gasteiger partial charge in [0.05, 0.1) is 12.0 Å². The number of carbonyl (C=O) groups excluding carboxylic acids is 1. The maximum Gasteiger partial charge on any atom is 0.224 e. The molecule has 0 spiro atoms. The van der Waals surface area contributed by atoms with E-state index in [0.29, 0.717) is 6.54 Å². The third-order valence-electron chi connectivity index (χ3n) is 2.89. The van der Waals surface area contributed by atoms with Gasteiger partial charge in [0.2, 0.25) is 5.91 Å². The summed E-state index contributed by atoms with van der Waals surface area (Å²) in [4.78, 5) is 17.6. The summed E-state index contributed by atoms with van der Waals surface area (Å²) in [7, 11) is 3.53. The van der Waals surface area contributed by atoms with Crippen molar-refractivity contribution >= 4 is 11.7 Å². The Morgan fingerprint density at radius 3 is 2.61 bits per heavy atom. The summed E-state index contributed by atoms with van der Waals surface area (Å²) in [6, 6.07) is 3.69.